The summed E-state index contributed by atoms with van der Waals surface area (Å²) in [6.45, 7) is 0. The molecule has 5 aromatic rings. The minimum absolute atomic E-state index is 0.159. The fourth-order valence-corrected chi connectivity index (χ4v) is 7.75. The van der Waals surface area contributed by atoms with E-state index < -0.39 is 17.3 Å². The predicted molar refractivity (Wildman–Crippen MR) is 166 cm³/mol. The van der Waals surface area contributed by atoms with E-state index in [1.807, 2.05) is 97.1 Å². The number of nitrogens with one attached hydrogen (secondary N) is 1. The second-order valence-corrected chi connectivity index (χ2v) is 11.5. The second-order valence-electron chi connectivity index (χ2n) is 11.5. The number of para-hydroxylation sites is 1. The van der Waals surface area contributed by atoms with E-state index >= 15 is 0 Å². The molecule has 1 aliphatic heterocycles. The average Bonchev–Trinajstić information content (AvgIpc) is 3.32. The molecule has 0 saturated carbocycles. The molecular formula is C37H27N3O3. The summed E-state index contributed by atoms with van der Waals surface area (Å²) in [6, 6.07) is 39.1. The van der Waals surface area contributed by atoms with E-state index in [2.05, 4.69) is 22.7 Å². The quantitative estimate of drug-likeness (QED) is 0.169. The molecule has 0 aromatic heterocycles. The van der Waals surface area contributed by atoms with E-state index in [0.717, 1.165) is 38.6 Å². The largest absolute Gasteiger partial charge is 0.274 e. The number of hydrogen-bond donors (Lipinski definition) is 1. The summed E-state index contributed by atoms with van der Waals surface area (Å²) in [5, 5.41) is 6.64. The molecule has 3 aliphatic carbocycles. The molecule has 0 unspecified atom stereocenters. The summed E-state index contributed by atoms with van der Waals surface area (Å²) in [7, 11) is 0. The van der Waals surface area contributed by atoms with E-state index in [1.165, 1.54) is 4.90 Å². The van der Waals surface area contributed by atoms with Crippen LogP contribution in [0.2, 0.25) is 0 Å². The highest BCUT2D eigenvalue weighted by atomic mass is 16.2. The zero-order valence-corrected chi connectivity index (χ0v) is 23.2. The number of amides is 3. The van der Waals surface area contributed by atoms with Crippen molar-refractivity contribution >= 4 is 40.4 Å². The minimum Gasteiger partial charge on any atom is -0.274 e. The number of rotatable bonds is 5. The van der Waals surface area contributed by atoms with Crippen molar-refractivity contribution in [2.45, 2.75) is 17.8 Å². The molecule has 1 fully saturated rings. The van der Waals surface area contributed by atoms with Gasteiger partial charge in [0.2, 0.25) is 17.7 Å². The molecule has 0 spiro atoms. The van der Waals surface area contributed by atoms with Crippen LogP contribution in [0.25, 0.3) is 10.8 Å². The Morgan fingerprint density at radius 1 is 0.744 bits per heavy atom. The van der Waals surface area contributed by atoms with Crippen LogP contribution in [0.3, 0.4) is 0 Å². The number of anilines is 1. The molecule has 6 nitrogen and oxygen atoms in total. The van der Waals surface area contributed by atoms with Gasteiger partial charge in [0, 0.05) is 12.1 Å². The van der Waals surface area contributed by atoms with Crippen molar-refractivity contribution < 1.29 is 14.4 Å². The molecule has 43 heavy (non-hydrogen) atoms. The fraction of sp³-hybridized carbons (Fsp3) is 0.135. The summed E-state index contributed by atoms with van der Waals surface area (Å²) in [6.07, 6.45) is 1.87. The Morgan fingerprint density at radius 3 is 2.12 bits per heavy atom. The van der Waals surface area contributed by atoms with Gasteiger partial charge in [-0.1, -0.05) is 109 Å². The molecule has 3 amide bonds. The number of fused-ring (bicyclic) bond motifs is 1. The van der Waals surface area contributed by atoms with Gasteiger partial charge in [0.05, 0.1) is 29.4 Å². The van der Waals surface area contributed by atoms with Crippen molar-refractivity contribution in [1.29, 1.82) is 0 Å². The highest BCUT2D eigenvalue weighted by Gasteiger charge is 2.68. The lowest BCUT2D eigenvalue weighted by atomic mass is 9.47. The Kier molecular flexibility index (Phi) is 5.66. The standard InChI is InChI=1S/C37H27N3O3/c41-31(21-24-13-10-12-23-11-4-5-16-26(23)24)39-38-22-37-29-19-8-6-17-27(29)32(28-18-7-9-20-30(28)37)33-34(37)36(43)40(35(33)42)25-14-2-1-3-15-25/h1-20,22,32-34H,21H2,(H,39,41)/b38-22-/t32?,33-,34+,37?/m1/s1. The van der Waals surface area contributed by atoms with Crippen LogP contribution in [0.15, 0.2) is 126 Å². The van der Waals surface area contributed by atoms with Gasteiger partial charge in [-0.05, 0) is 50.7 Å². The number of carbonyl (C=O) groups is 3. The molecule has 9 rings (SSSR count). The predicted octanol–water partition coefficient (Wildman–Crippen LogP) is 5.74. The number of benzene rings is 5. The van der Waals surface area contributed by atoms with Gasteiger partial charge in [0.25, 0.3) is 0 Å². The van der Waals surface area contributed by atoms with Crippen LogP contribution in [-0.2, 0) is 26.2 Å². The zero-order valence-electron chi connectivity index (χ0n) is 23.2. The summed E-state index contributed by atoms with van der Waals surface area (Å²) >= 11 is 0. The first-order valence-electron chi connectivity index (χ1n) is 14.5. The number of imide groups is 1. The Labute approximate surface area is 248 Å². The van der Waals surface area contributed by atoms with Crippen molar-refractivity contribution in [3.63, 3.8) is 0 Å². The SMILES string of the molecule is O=C(Cc1cccc2ccccc12)N/N=C\C12c3ccccc3C(c3ccccc31)[C@H]1C(=O)N(c3ccccc3)C(=O)[C@H]12. The average molecular weight is 562 g/mol. The van der Waals surface area contributed by atoms with E-state index in [9.17, 15) is 14.4 Å². The van der Waals surface area contributed by atoms with Crippen molar-refractivity contribution in [2.75, 3.05) is 4.90 Å². The molecule has 1 N–H and O–H groups in total. The number of nitrogens with zero attached hydrogens (tertiary/aromatic N) is 2. The van der Waals surface area contributed by atoms with Gasteiger partial charge >= 0.3 is 0 Å². The molecule has 2 bridgehead atoms. The van der Waals surface area contributed by atoms with E-state index in [-0.39, 0.29) is 30.1 Å². The summed E-state index contributed by atoms with van der Waals surface area (Å²) < 4.78 is 0. The van der Waals surface area contributed by atoms with Gasteiger partial charge in [-0.2, -0.15) is 5.10 Å². The van der Waals surface area contributed by atoms with Crippen molar-refractivity contribution in [1.82, 2.24) is 5.43 Å². The molecular weight excluding hydrogens is 534 g/mol. The second kappa shape index (κ2) is 9.60. The Morgan fingerprint density at radius 2 is 1.37 bits per heavy atom. The summed E-state index contributed by atoms with van der Waals surface area (Å²) in [4.78, 5) is 43.1. The van der Waals surface area contributed by atoms with Crippen molar-refractivity contribution in [3.05, 3.63) is 149 Å². The highest BCUT2D eigenvalue weighted by Crippen LogP contribution is 2.63. The Balaban J connectivity index is 1.23. The lowest BCUT2D eigenvalue weighted by Crippen LogP contribution is -2.54. The van der Waals surface area contributed by atoms with Crippen LogP contribution < -0.4 is 10.3 Å². The molecule has 0 radical (unpaired) electrons. The number of hydrogen-bond acceptors (Lipinski definition) is 4. The minimum atomic E-state index is -1.03. The van der Waals surface area contributed by atoms with Gasteiger partial charge in [-0.25, -0.2) is 10.3 Å². The molecule has 6 heteroatoms. The topological polar surface area (TPSA) is 78.8 Å². The maximum atomic E-state index is 14.4. The summed E-state index contributed by atoms with van der Waals surface area (Å²) in [5.74, 6) is -2.24. The molecule has 2 atom stereocenters. The van der Waals surface area contributed by atoms with Crippen LogP contribution in [0, 0.1) is 11.8 Å². The zero-order chi connectivity index (χ0) is 29.1. The first-order chi connectivity index (χ1) is 21.1. The van der Waals surface area contributed by atoms with Gasteiger partial charge < -0.3 is 0 Å². The van der Waals surface area contributed by atoms with Crippen LogP contribution >= 0.6 is 0 Å². The summed E-state index contributed by atoms with van der Waals surface area (Å²) in [5.41, 5.74) is 7.13. The van der Waals surface area contributed by atoms with Crippen LogP contribution in [0.5, 0.6) is 0 Å². The van der Waals surface area contributed by atoms with Gasteiger partial charge in [-0.3, -0.25) is 14.4 Å². The molecule has 208 valence electrons. The molecule has 5 aromatic carbocycles. The third-order valence-corrected chi connectivity index (χ3v) is 9.39. The fourth-order valence-electron chi connectivity index (χ4n) is 7.75. The normalized spacial score (nSPS) is 23.3. The third-order valence-electron chi connectivity index (χ3n) is 9.39. The van der Waals surface area contributed by atoms with E-state index in [0.29, 0.717) is 5.69 Å². The van der Waals surface area contributed by atoms with Crippen LogP contribution in [0.4, 0.5) is 5.69 Å². The first-order valence-corrected chi connectivity index (χ1v) is 14.5. The molecule has 4 aliphatic rings. The van der Waals surface area contributed by atoms with E-state index in [1.54, 1.807) is 18.3 Å². The Hall–Kier alpha value is -5.36. The van der Waals surface area contributed by atoms with Gasteiger partial charge in [0.15, 0.2) is 0 Å². The van der Waals surface area contributed by atoms with Crippen LogP contribution in [-0.4, -0.2) is 23.9 Å². The maximum Gasteiger partial charge on any atom is 0.244 e. The lowest BCUT2D eigenvalue weighted by Gasteiger charge is -2.52. The van der Waals surface area contributed by atoms with Crippen molar-refractivity contribution in [2.24, 2.45) is 16.9 Å². The maximum absolute atomic E-state index is 14.4. The van der Waals surface area contributed by atoms with Crippen LogP contribution in [0.1, 0.15) is 33.7 Å². The third kappa shape index (κ3) is 3.59. The molecule has 1 heterocycles. The number of carbonyl (C=O) groups excluding carboxylic acids is 3. The number of hydrazone groups is 1. The molecule has 1 saturated heterocycles. The Bertz CT molecular complexity index is 1930. The van der Waals surface area contributed by atoms with Crippen molar-refractivity contribution in [3.8, 4) is 0 Å². The lowest BCUT2D eigenvalue weighted by molar-refractivity contribution is -0.123. The van der Waals surface area contributed by atoms with E-state index in [4.69, 9.17) is 0 Å². The van der Waals surface area contributed by atoms with Gasteiger partial charge in [-0.15, -0.1) is 0 Å². The first kappa shape index (κ1) is 25.4. The highest BCUT2D eigenvalue weighted by molar-refractivity contribution is 6.25. The smallest absolute Gasteiger partial charge is 0.244 e. The monoisotopic (exact) mass is 561 g/mol. The van der Waals surface area contributed by atoms with Gasteiger partial charge in [0.1, 0.15) is 0 Å².